The fourth-order valence-corrected chi connectivity index (χ4v) is 4.36. The predicted molar refractivity (Wildman–Crippen MR) is 125 cm³/mol. The van der Waals surface area contributed by atoms with E-state index in [0.29, 0.717) is 13.2 Å². The molecule has 2 aromatic carbocycles. The molecule has 0 heterocycles. The van der Waals surface area contributed by atoms with Crippen LogP contribution in [0.2, 0.25) is 0 Å². The molecule has 0 unspecified atom stereocenters. The minimum atomic E-state index is 0.669. The van der Waals surface area contributed by atoms with Gasteiger partial charge in [-0.3, -0.25) is 0 Å². The molecule has 1 saturated carbocycles. The molecule has 0 aliphatic heterocycles. The zero-order valence-corrected chi connectivity index (χ0v) is 18.0. The number of rotatable bonds is 10. The molecule has 154 valence electrons. The minimum Gasteiger partial charge on any atom is -0.373 e. The highest BCUT2D eigenvalue weighted by molar-refractivity contribution is 5.64. The first kappa shape index (κ1) is 21.6. The van der Waals surface area contributed by atoms with Crippen LogP contribution in [0, 0.1) is 5.92 Å². The summed E-state index contributed by atoms with van der Waals surface area (Å²) in [6.45, 7) is 7.35. The van der Waals surface area contributed by atoms with Crippen molar-refractivity contribution in [1.29, 1.82) is 0 Å². The minimum absolute atomic E-state index is 0.669. The summed E-state index contributed by atoms with van der Waals surface area (Å²) in [5.74, 6) is 1.65. The van der Waals surface area contributed by atoms with Crippen LogP contribution >= 0.6 is 0 Å². The lowest BCUT2D eigenvalue weighted by molar-refractivity contribution is 0.148. The number of ether oxygens (including phenoxy) is 1. The maximum Gasteiger partial charge on any atom is 0.0721 e. The van der Waals surface area contributed by atoms with Crippen molar-refractivity contribution in [3.8, 4) is 11.1 Å². The number of benzene rings is 2. The molecule has 0 amide bonds. The van der Waals surface area contributed by atoms with E-state index < -0.39 is 0 Å². The van der Waals surface area contributed by atoms with Crippen molar-refractivity contribution in [2.75, 3.05) is 6.61 Å². The third-order valence-electron chi connectivity index (χ3n) is 6.18. The van der Waals surface area contributed by atoms with Gasteiger partial charge in [0.2, 0.25) is 0 Å². The normalized spacial score (nSPS) is 19.5. The summed E-state index contributed by atoms with van der Waals surface area (Å²) >= 11 is 0. The zero-order valence-electron chi connectivity index (χ0n) is 18.0. The average molecular weight is 389 g/mol. The summed E-state index contributed by atoms with van der Waals surface area (Å²) < 4.78 is 5.69. The Morgan fingerprint density at radius 2 is 1.55 bits per heavy atom. The van der Waals surface area contributed by atoms with Crippen LogP contribution < -0.4 is 0 Å². The van der Waals surface area contributed by atoms with Crippen LogP contribution in [0.5, 0.6) is 0 Å². The fraction of sp³-hybridized carbons (Fsp3) is 0.429. The molecule has 1 aliphatic rings. The number of hydrogen-bond donors (Lipinski definition) is 0. The van der Waals surface area contributed by atoms with Gasteiger partial charge >= 0.3 is 0 Å². The Bertz CT molecular complexity index is 746. The van der Waals surface area contributed by atoms with Crippen LogP contribution in [0.4, 0.5) is 0 Å². The molecule has 0 spiro atoms. The molecular formula is C28H36O. The van der Waals surface area contributed by atoms with Crippen LogP contribution in [-0.4, -0.2) is 6.61 Å². The van der Waals surface area contributed by atoms with Crippen molar-refractivity contribution in [1.82, 2.24) is 0 Å². The van der Waals surface area contributed by atoms with Crippen molar-refractivity contribution >= 4 is 0 Å². The van der Waals surface area contributed by atoms with Crippen LogP contribution in [0.15, 0.2) is 73.3 Å². The molecule has 1 aliphatic carbocycles. The third kappa shape index (κ3) is 6.72. The SMILES string of the molecule is C=CCCC1CCC(c2ccc(-c3ccc(COCC=CCC)cc3)cc2)CC1. The molecule has 1 fully saturated rings. The van der Waals surface area contributed by atoms with Gasteiger partial charge in [-0.15, -0.1) is 6.58 Å². The van der Waals surface area contributed by atoms with Gasteiger partial charge in [0.15, 0.2) is 0 Å². The highest BCUT2D eigenvalue weighted by atomic mass is 16.5. The first-order valence-electron chi connectivity index (χ1n) is 11.3. The maximum atomic E-state index is 5.69. The summed E-state index contributed by atoms with van der Waals surface area (Å²) in [5, 5.41) is 0. The van der Waals surface area contributed by atoms with Crippen molar-refractivity contribution in [2.45, 2.75) is 64.4 Å². The second-order valence-corrected chi connectivity index (χ2v) is 8.30. The number of allylic oxidation sites excluding steroid dienone is 2. The molecule has 3 rings (SSSR count). The van der Waals surface area contributed by atoms with Gasteiger partial charge in [0, 0.05) is 0 Å². The monoisotopic (exact) mass is 388 g/mol. The van der Waals surface area contributed by atoms with Gasteiger partial charge in [-0.05, 0) is 79.0 Å². The lowest BCUT2D eigenvalue weighted by atomic mass is 9.77. The highest BCUT2D eigenvalue weighted by Gasteiger charge is 2.21. The topological polar surface area (TPSA) is 9.23 Å². The van der Waals surface area contributed by atoms with Gasteiger partial charge < -0.3 is 4.74 Å². The van der Waals surface area contributed by atoms with Crippen LogP contribution in [-0.2, 0) is 11.3 Å². The van der Waals surface area contributed by atoms with Crippen LogP contribution in [0.25, 0.3) is 11.1 Å². The standard InChI is InChI=1S/C28H36O/c1-3-5-7-21-29-22-24-11-15-26(16-12-24)28-19-17-27(18-20-28)25-13-9-23(10-14-25)8-6-4-2/h4-5,7,11-12,15-20,23,25H,2-3,6,8-10,13-14,21-22H2,1H3. The Balaban J connectivity index is 1.51. The summed E-state index contributed by atoms with van der Waals surface area (Å²) in [6.07, 6.45) is 15.3. The van der Waals surface area contributed by atoms with Gasteiger partial charge in [0.05, 0.1) is 13.2 Å². The van der Waals surface area contributed by atoms with Crippen LogP contribution in [0.3, 0.4) is 0 Å². The molecule has 1 heteroatoms. The predicted octanol–water partition coefficient (Wildman–Crippen LogP) is 8.08. The molecule has 1 nitrogen and oxygen atoms in total. The Kier molecular flexibility index (Phi) is 8.77. The van der Waals surface area contributed by atoms with Crippen molar-refractivity contribution < 1.29 is 4.74 Å². The molecule has 0 saturated heterocycles. The quantitative estimate of drug-likeness (QED) is 0.295. The van der Waals surface area contributed by atoms with E-state index in [0.717, 1.165) is 18.3 Å². The molecule has 0 bridgehead atoms. The van der Waals surface area contributed by atoms with E-state index in [1.165, 1.54) is 60.8 Å². The lowest BCUT2D eigenvalue weighted by Gasteiger charge is -2.28. The van der Waals surface area contributed by atoms with E-state index >= 15 is 0 Å². The molecule has 29 heavy (non-hydrogen) atoms. The summed E-state index contributed by atoms with van der Waals surface area (Å²) in [6, 6.07) is 18.1. The molecule has 0 N–H and O–H groups in total. The Hall–Kier alpha value is -2.12. The first-order valence-corrected chi connectivity index (χ1v) is 11.3. The Labute approximate surface area is 177 Å². The van der Waals surface area contributed by atoms with Crippen molar-refractivity contribution in [3.63, 3.8) is 0 Å². The third-order valence-corrected chi connectivity index (χ3v) is 6.18. The second-order valence-electron chi connectivity index (χ2n) is 8.30. The summed E-state index contributed by atoms with van der Waals surface area (Å²) in [7, 11) is 0. The lowest BCUT2D eigenvalue weighted by Crippen LogP contribution is -2.13. The van der Waals surface area contributed by atoms with Gasteiger partial charge in [0.25, 0.3) is 0 Å². The van der Waals surface area contributed by atoms with Gasteiger partial charge in [0.1, 0.15) is 0 Å². The summed E-state index contributed by atoms with van der Waals surface area (Å²) in [5.41, 5.74) is 5.32. The molecular weight excluding hydrogens is 352 g/mol. The van der Waals surface area contributed by atoms with Gasteiger partial charge in [-0.1, -0.05) is 73.7 Å². The van der Waals surface area contributed by atoms with E-state index in [1.807, 2.05) is 0 Å². The second kappa shape index (κ2) is 11.8. The first-order chi connectivity index (χ1) is 14.3. The largest absolute Gasteiger partial charge is 0.373 e. The van der Waals surface area contributed by atoms with E-state index in [2.05, 4.69) is 80.3 Å². The molecule has 2 aromatic rings. The van der Waals surface area contributed by atoms with E-state index in [-0.39, 0.29) is 0 Å². The molecule has 0 aromatic heterocycles. The van der Waals surface area contributed by atoms with E-state index in [1.54, 1.807) is 0 Å². The maximum absolute atomic E-state index is 5.69. The van der Waals surface area contributed by atoms with E-state index in [4.69, 9.17) is 4.74 Å². The summed E-state index contributed by atoms with van der Waals surface area (Å²) in [4.78, 5) is 0. The Morgan fingerprint density at radius 1 is 0.897 bits per heavy atom. The number of hydrogen-bond acceptors (Lipinski definition) is 1. The average Bonchev–Trinajstić information content (AvgIpc) is 2.78. The van der Waals surface area contributed by atoms with Gasteiger partial charge in [-0.25, -0.2) is 0 Å². The smallest absolute Gasteiger partial charge is 0.0721 e. The Morgan fingerprint density at radius 3 is 2.17 bits per heavy atom. The van der Waals surface area contributed by atoms with Crippen molar-refractivity contribution in [2.24, 2.45) is 5.92 Å². The molecule has 0 atom stereocenters. The highest BCUT2D eigenvalue weighted by Crippen LogP contribution is 2.38. The van der Waals surface area contributed by atoms with Crippen molar-refractivity contribution in [3.05, 3.63) is 84.5 Å². The van der Waals surface area contributed by atoms with E-state index in [9.17, 15) is 0 Å². The molecule has 0 radical (unpaired) electrons. The fourth-order valence-electron chi connectivity index (χ4n) is 4.36. The zero-order chi connectivity index (χ0) is 20.3. The van der Waals surface area contributed by atoms with Crippen LogP contribution in [0.1, 0.15) is 68.9 Å². The van der Waals surface area contributed by atoms with Gasteiger partial charge in [-0.2, -0.15) is 0 Å².